The van der Waals surface area contributed by atoms with Gasteiger partial charge in [-0.1, -0.05) is 0 Å². The summed E-state index contributed by atoms with van der Waals surface area (Å²) in [5, 5.41) is 0. The number of ether oxygens (including phenoxy) is 1. The molecule has 2 rings (SSSR count). The fourth-order valence-corrected chi connectivity index (χ4v) is 4.03. The van der Waals surface area contributed by atoms with Crippen LogP contribution in [0.5, 0.6) is 0 Å². The Morgan fingerprint density at radius 2 is 2.33 bits per heavy atom. The number of hydrogen-bond acceptors (Lipinski definition) is 3. The minimum Gasteiger partial charge on any atom is -0.378 e. The number of halogens is 1. The average molecular weight is 211 g/mol. The molecule has 0 aromatic rings. The van der Waals surface area contributed by atoms with Crippen molar-refractivity contribution in [1.82, 2.24) is 0 Å². The average Bonchev–Trinajstić information content (AvgIpc) is 2.40. The highest BCUT2D eigenvalue weighted by Gasteiger charge is 2.48. The minimum atomic E-state index is -3.36. The molecule has 3 nitrogen and oxygen atoms in total. The summed E-state index contributed by atoms with van der Waals surface area (Å²) in [6.07, 6.45) is 3.11. The van der Waals surface area contributed by atoms with E-state index in [0.29, 0.717) is 12.7 Å². The second-order valence-corrected chi connectivity index (χ2v) is 6.64. The summed E-state index contributed by atoms with van der Waals surface area (Å²) in [6.45, 7) is 0.573. The summed E-state index contributed by atoms with van der Waals surface area (Å²) in [6, 6.07) is 0. The third-order valence-electron chi connectivity index (χ3n) is 2.76. The molecule has 0 aromatic carbocycles. The quantitative estimate of drug-likeness (QED) is 0.642. The zero-order valence-corrected chi connectivity index (χ0v) is 8.20. The van der Waals surface area contributed by atoms with Crippen LogP contribution >= 0.6 is 10.7 Å². The first kappa shape index (κ1) is 8.78. The molecule has 0 amide bonds. The number of rotatable bonds is 2. The van der Waals surface area contributed by atoms with Crippen LogP contribution in [0.15, 0.2) is 0 Å². The Labute approximate surface area is 76.5 Å². The van der Waals surface area contributed by atoms with Gasteiger partial charge in [0, 0.05) is 16.1 Å². The summed E-state index contributed by atoms with van der Waals surface area (Å²) in [7, 11) is 1.86. The van der Waals surface area contributed by atoms with Crippen molar-refractivity contribution in [2.24, 2.45) is 5.41 Å². The van der Waals surface area contributed by atoms with E-state index < -0.39 is 9.05 Å². The van der Waals surface area contributed by atoms with Gasteiger partial charge < -0.3 is 4.74 Å². The van der Waals surface area contributed by atoms with E-state index in [1.807, 2.05) is 0 Å². The van der Waals surface area contributed by atoms with Crippen LogP contribution in [0.3, 0.4) is 0 Å². The summed E-state index contributed by atoms with van der Waals surface area (Å²) < 4.78 is 27.1. The predicted octanol–water partition coefficient (Wildman–Crippen LogP) is 1.12. The molecule has 1 heterocycles. The van der Waals surface area contributed by atoms with Gasteiger partial charge in [0.25, 0.3) is 0 Å². The lowest BCUT2D eigenvalue weighted by Crippen LogP contribution is -2.27. The lowest BCUT2D eigenvalue weighted by molar-refractivity contribution is 0.0575. The molecular weight excluding hydrogens is 200 g/mol. The maximum Gasteiger partial charge on any atom is 0.233 e. The molecule has 0 aromatic heterocycles. The monoisotopic (exact) mass is 210 g/mol. The second-order valence-electron chi connectivity index (χ2n) is 3.86. The molecule has 1 aliphatic heterocycles. The summed E-state index contributed by atoms with van der Waals surface area (Å²) >= 11 is 0. The van der Waals surface area contributed by atoms with Gasteiger partial charge in [0.2, 0.25) is 9.05 Å². The molecule has 1 saturated heterocycles. The van der Waals surface area contributed by atoms with E-state index in [9.17, 15) is 8.42 Å². The van der Waals surface area contributed by atoms with Crippen molar-refractivity contribution < 1.29 is 13.2 Å². The SMILES string of the molecule is O=S(=O)(Cl)CC12CCC(C1)OC2. The van der Waals surface area contributed by atoms with Gasteiger partial charge in [-0.25, -0.2) is 8.42 Å². The van der Waals surface area contributed by atoms with Crippen LogP contribution in [0.2, 0.25) is 0 Å². The standard InChI is InChI=1S/C7H11ClO3S/c8-12(9,10)5-7-2-1-6(3-7)11-4-7/h6H,1-5H2. The van der Waals surface area contributed by atoms with Crippen LogP contribution < -0.4 is 0 Å². The Balaban J connectivity index is 2.13. The van der Waals surface area contributed by atoms with Crippen molar-refractivity contribution in [1.29, 1.82) is 0 Å². The van der Waals surface area contributed by atoms with Crippen molar-refractivity contribution in [3.05, 3.63) is 0 Å². The van der Waals surface area contributed by atoms with Gasteiger partial charge in [-0.3, -0.25) is 0 Å². The van der Waals surface area contributed by atoms with Gasteiger partial charge in [0.05, 0.1) is 18.5 Å². The van der Waals surface area contributed by atoms with Crippen LogP contribution in [0.4, 0.5) is 0 Å². The van der Waals surface area contributed by atoms with E-state index >= 15 is 0 Å². The fraction of sp³-hybridized carbons (Fsp3) is 1.00. The number of fused-ring (bicyclic) bond motifs is 2. The molecule has 2 atom stereocenters. The molecule has 12 heavy (non-hydrogen) atoms. The zero-order valence-electron chi connectivity index (χ0n) is 6.62. The highest BCUT2D eigenvalue weighted by molar-refractivity contribution is 8.13. The van der Waals surface area contributed by atoms with Crippen LogP contribution in [-0.2, 0) is 13.8 Å². The van der Waals surface area contributed by atoms with Gasteiger partial charge in [-0.05, 0) is 19.3 Å². The van der Waals surface area contributed by atoms with E-state index in [0.717, 1.165) is 19.3 Å². The predicted molar refractivity (Wildman–Crippen MR) is 45.7 cm³/mol. The van der Waals surface area contributed by atoms with Crippen LogP contribution in [0.25, 0.3) is 0 Å². The molecule has 2 unspecified atom stereocenters. The van der Waals surface area contributed by atoms with Crippen molar-refractivity contribution in [3.63, 3.8) is 0 Å². The van der Waals surface area contributed by atoms with Crippen molar-refractivity contribution in [2.45, 2.75) is 25.4 Å². The fourth-order valence-electron chi connectivity index (χ4n) is 2.26. The lowest BCUT2D eigenvalue weighted by Gasteiger charge is -2.23. The van der Waals surface area contributed by atoms with Crippen molar-refractivity contribution in [3.8, 4) is 0 Å². The maximum atomic E-state index is 10.9. The van der Waals surface area contributed by atoms with Crippen LogP contribution in [0, 0.1) is 5.41 Å². The van der Waals surface area contributed by atoms with E-state index in [1.165, 1.54) is 0 Å². The highest BCUT2D eigenvalue weighted by Crippen LogP contribution is 2.47. The molecule has 2 aliphatic rings. The molecular formula is C7H11ClO3S. The Kier molecular flexibility index (Phi) is 1.90. The Morgan fingerprint density at radius 3 is 2.67 bits per heavy atom. The van der Waals surface area contributed by atoms with Gasteiger partial charge in [0.15, 0.2) is 0 Å². The molecule has 0 N–H and O–H groups in total. The Hall–Kier alpha value is 0.200. The first-order valence-electron chi connectivity index (χ1n) is 4.03. The minimum absolute atomic E-state index is 0.0814. The van der Waals surface area contributed by atoms with Gasteiger partial charge >= 0.3 is 0 Å². The first-order chi connectivity index (χ1) is 5.49. The molecule has 70 valence electrons. The van der Waals surface area contributed by atoms with Gasteiger partial charge in [-0.2, -0.15) is 0 Å². The maximum absolute atomic E-state index is 10.9. The second kappa shape index (κ2) is 2.59. The molecule has 0 spiro atoms. The molecule has 1 aliphatic carbocycles. The molecule has 2 fully saturated rings. The van der Waals surface area contributed by atoms with Gasteiger partial charge in [-0.15, -0.1) is 0 Å². The van der Waals surface area contributed by atoms with E-state index in [1.54, 1.807) is 0 Å². The molecule has 2 bridgehead atoms. The topological polar surface area (TPSA) is 43.4 Å². The van der Waals surface area contributed by atoms with Gasteiger partial charge in [0.1, 0.15) is 0 Å². The third kappa shape index (κ3) is 1.60. The lowest BCUT2D eigenvalue weighted by atomic mass is 9.91. The molecule has 5 heteroatoms. The van der Waals surface area contributed by atoms with Crippen LogP contribution in [0.1, 0.15) is 19.3 Å². The third-order valence-corrected chi connectivity index (χ3v) is 4.05. The Bertz CT molecular complexity index is 277. The van der Waals surface area contributed by atoms with E-state index in [-0.39, 0.29) is 11.2 Å². The highest BCUT2D eigenvalue weighted by atomic mass is 35.7. The first-order valence-corrected chi connectivity index (χ1v) is 6.51. The summed E-state index contributed by atoms with van der Waals surface area (Å²) in [5.74, 6) is 0.0814. The Morgan fingerprint density at radius 1 is 1.58 bits per heavy atom. The molecule has 1 saturated carbocycles. The smallest absolute Gasteiger partial charge is 0.233 e. The summed E-state index contributed by atoms with van der Waals surface area (Å²) in [4.78, 5) is 0. The zero-order chi connectivity index (χ0) is 8.82. The molecule has 0 radical (unpaired) electrons. The van der Waals surface area contributed by atoms with Crippen molar-refractivity contribution >= 4 is 19.7 Å². The normalized spacial score (nSPS) is 40.6. The number of hydrogen-bond donors (Lipinski definition) is 0. The van der Waals surface area contributed by atoms with Crippen molar-refractivity contribution in [2.75, 3.05) is 12.4 Å². The van der Waals surface area contributed by atoms with Crippen LogP contribution in [-0.4, -0.2) is 26.9 Å². The summed E-state index contributed by atoms with van der Waals surface area (Å²) in [5.41, 5.74) is -0.148. The largest absolute Gasteiger partial charge is 0.378 e. The van der Waals surface area contributed by atoms with E-state index in [2.05, 4.69) is 0 Å². The van der Waals surface area contributed by atoms with E-state index in [4.69, 9.17) is 15.4 Å².